The summed E-state index contributed by atoms with van der Waals surface area (Å²) in [4.78, 5) is 24.0. The Morgan fingerprint density at radius 2 is 1.92 bits per heavy atom. The summed E-state index contributed by atoms with van der Waals surface area (Å²) in [6, 6.07) is 7.45. The largest absolute Gasteiger partial charge is 0.361 e. The number of amides is 2. The smallest absolute Gasteiger partial charge is 0.227 e. The minimum atomic E-state index is -0.124. The highest BCUT2D eigenvalue weighted by molar-refractivity contribution is 5.94. The van der Waals surface area contributed by atoms with E-state index in [1.54, 1.807) is 6.92 Å². The fourth-order valence-electron chi connectivity index (χ4n) is 2.74. The number of nitrogens with zero attached hydrogens (tertiary/aromatic N) is 1. The number of carbonyl (C=O) groups excluding carboxylic acids is 2. The van der Waals surface area contributed by atoms with Crippen LogP contribution in [-0.2, 0) is 16.0 Å². The van der Waals surface area contributed by atoms with Gasteiger partial charge in [0.25, 0.3) is 0 Å². The van der Waals surface area contributed by atoms with Crippen LogP contribution in [0.25, 0.3) is 0 Å². The van der Waals surface area contributed by atoms with Crippen LogP contribution in [0.4, 0.5) is 5.69 Å². The first-order valence-corrected chi connectivity index (χ1v) is 8.56. The molecule has 0 radical (unpaired) electrons. The van der Waals surface area contributed by atoms with E-state index in [1.165, 1.54) is 0 Å². The third-order valence-corrected chi connectivity index (χ3v) is 4.52. The second-order valence-electron chi connectivity index (χ2n) is 6.65. The number of aryl methyl sites for hydroxylation is 2. The molecule has 2 aromatic rings. The van der Waals surface area contributed by atoms with E-state index in [2.05, 4.69) is 15.8 Å². The number of hydrogen-bond donors (Lipinski definition) is 2. The van der Waals surface area contributed by atoms with Gasteiger partial charge in [-0.05, 0) is 51.3 Å². The molecular weight excluding hydrogens is 318 g/mol. The summed E-state index contributed by atoms with van der Waals surface area (Å²) in [7, 11) is 0. The van der Waals surface area contributed by atoms with Gasteiger partial charge >= 0.3 is 0 Å². The zero-order chi connectivity index (χ0) is 18.0. The molecule has 2 N–H and O–H groups in total. The lowest BCUT2D eigenvalue weighted by Gasteiger charge is -2.15. The molecule has 1 atom stereocenters. The van der Waals surface area contributed by atoms with Crippen molar-refractivity contribution in [3.63, 3.8) is 0 Å². The van der Waals surface area contributed by atoms with Gasteiger partial charge in [-0.2, -0.15) is 0 Å². The van der Waals surface area contributed by atoms with Gasteiger partial charge in [-0.1, -0.05) is 17.3 Å². The lowest BCUT2D eigenvalue weighted by Crippen LogP contribution is -2.28. The van der Waals surface area contributed by atoms with E-state index < -0.39 is 0 Å². The van der Waals surface area contributed by atoms with Crippen LogP contribution < -0.4 is 10.6 Å². The van der Waals surface area contributed by atoms with Gasteiger partial charge in [-0.15, -0.1) is 0 Å². The van der Waals surface area contributed by atoms with E-state index >= 15 is 0 Å². The first kappa shape index (κ1) is 17.2. The molecule has 1 aromatic heterocycles. The summed E-state index contributed by atoms with van der Waals surface area (Å²) in [6.45, 7) is 5.57. The van der Waals surface area contributed by atoms with Crippen molar-refractivity contribution in [3.8, 4) is 0 Å². The Kier molecular flexibility index (Phi) is 4.88. The van der Waals surface area contributed by atoms with Crippen molar-refractivity contribution >= 4 is 17.5 Å². The summed E-state index contributed by atoms with van der Waals surface area (Å²) in [6.07, 6.45) is 2.22. The molecule has 0 saturated heterocycles. The summed E-state index contributed by atoms with van der Waals surface area (Å²) in [5.74, 6) is 0.875. The molecule has 1 fully saturated rings. The maximum atomic E-state index is 12.3. The van der Waals surface area contributed by atoms with Gasteiger partial charge in [0.05, 0.1) is 18.2 Å². The summed E-state index contributed by atoms with van der Waals surface area (Å²) < 4.78 is 5.09. The molecule has 1 aromatic carbocycles. The molecule has 2 amide bonds. The van der Waals surface area contributed by atoms with Crippen molar-refractivity contribution in [2.75, 3.05) is 5.32 Å². The summed E-state index contributed by atoms with van der Waals surface area (Å²) in [5.41, 5.74) is 3.35. The highest BCUT2D eigenvalue weighted by Gasteiger charge is 2.29. The maximum Gasteiger partial charge on any atom is 0.227 e. The normalized spacial score (nSPS) is 14.8. The Labute approximate surface area is 147 Å². The number of benzene rings is 1. The van der Waals surface area contributed by atoms with Crippen molar-refractivity contribution < 1.29 is 14.1 Å². The van der Waals surface area contributed by atoms with E-state index in [0.717, 1.165) is 35.3 Å². The van der Waals surface area contributed by atoms with Crippen LogP contribution in [0.5, 0.6) is 0 Å². The third-order valence-electron chi connectivity index (χ3n) is 4.52. The number of carbonyl (C=O) groups is 2. The van der Waals surface area contributed by atoms with Crippen molar-refractivity contribution in [1.82, 2.24) is 10.5 Å². The third kappa shape index (κ3) is 4.26. The lowest BCUT2D eigenvalue weighted by atomic mass is 10.1. The van der Waals surface area contributed by atoms with Gasteiger partial charge in [0.2, 0.25) is 11.8 Å². The van der Waals surface area contributed by atoms with Gasteiger partial charge in [0.15, 0.2) is 0 Å². The molecule has 1 unspecified atom stereocenters. The SMILES string of the molecule is Cc1noc(C)c1CC(=O)NC(C)c1ccc(NC(=O)C2CC2)cc1. The van der Waals surface area contributed by atoms with Crippen LogP contribution in [0, 0.1) is 19.8 Å². The van der Waals surface area contributed by atoms with Crippen molar-refractivity contribution in [3.05, 3.63) is 46.8 Å². The lowest BCUT2D eigenvalue weighted by molar-refractivity contribution is -0.121. The Balaban J connectivity index is 1.56. The van der Waals surface area contributed by atoms with Gasteiger partial charge in [0, 0.05) is 17.2 Å². The minimum absolute atomic E-state index is 0.0759. The molecule has 3 rings (SSSR count). The highest BCUT2D eigenvalue weighted by atomic mass is 16.5. The van der Waals surface area contributed by atoms with Crippen LogP contribution in [0.15, 0.2) is 28.8 Å². The fraction of sp³-hybridized carbons (Fsp3) is 0.421. The first-order chi connectivity index (χ1) is 11.9. The second kappa shape index (κ2) is 7.09. The number of anilines is 1. The van der Waals surface area contributed by atoms with Crippen LogP contribution in [0.2, 0.25) is 0 Å². The molecule has 6 heteroatoms. The molecule has 6 nitrogen and oxygen atoms in total. The number of nitrogens with one attached hydrogen (secondary N) is 2. The van der Waals surface area contributed by atoms with Gasteiger partial charge in [-0.25, -0.2) is 0 Å². The molecular formula is C19H23N3O3. The van der Waals surface area contributed by atoms with Crippen molar-refractivity contribution in [2.45, 2.75) is 46.1 Å². The minimum Gasteiger partial charge on any atom is -0.361 e. The van der Waals surface area contributed by atoms with E-state index in [4.69, 9.17) is 4.52 Å². The van der Waals surface area contributed by atoms with Gasteiger partial charge in [0.1, 0.15) is 5.76 Å². The molecule has 1 saturated carbocycles. The van der Waals surface area contributed by atoms with Crippen LogP contribution >= 0.6 is 0 Å². The second-order valence-corrected chi connectivity index (χ2v) is 6.65. The predicted octanol–water partition coefficient (Wildman–Crippen LogP) is 3.06. The van der Waals surface area contributed by atoms with Crippen LogP contribution in [0.3, 0.4) is 0 Å². The van der Waals surface area contributed by atoms with Crippen LogP contribution in [-0.4, -0.2) is 17.0 Å². The molecule has 132 valence electrons. The van der Waals surface area contributed by atoms with Crippen molar-refractivity contribution in [1.29, 1.82) is 0 Å². The van der Waals surface area contributed by atoms with E-state index in [0.29, 0.717) is 5.76 Å². The van der Waals surface area contributed by atoms with Gasteiger partial charge in [-0.3, -0.25) is 9.59 Å². The quantitative estimate of drug-likeness (QED) is 0.846. The molecule has 1 heterocycles. The Morgan fingerprint density at radius 1 is 1.24 bits per heavy atom. The zero-order valence-corrected chi connectivity index (χ0v) is 14.8. The van der Waals surface area contributed by atoms with E-state index in [-0.39, 0.29) is 30.2 Å². The predicted molar refractivity (Wildman–Crippen MR) is 94.0 cm³/mol. The standard InChI is InChI=1S/C19H23N3O3/c1-11(20-18(23)10-17-12(2)22-25-13(17)3)14-6-8-16(9-7-14)21-19(24)15-4-5-15/h6-9,11,15H,4-5,10H2,1-3H3,(H,20,23)(H,21,24). The summed E-state index contributed by atoms with van der Waals surface area (Å²) >= 11 is 0. The number of aromatic nitrogens is 1. The molecule has 25 heavy (non-hydrogen) atoms. The Bertz CT molecular complexity index is 756. The van der Waals surface area contributed by atoms with Gasteiger partial charge < -0.3 is 15.2 Å². The van der Waals surface area contributed by atoms with Crippen LogP contribution in [0.1, 0.15) is 48.4 Å². The Morgan fingerprint density at radius 3 is 2.48 bits per heavy atom. The molecule has 0 bridgehead atoms. The molecule has 1 aliphatic rings. The average Bonchev–Trinajstić information content (AvgIpc) is 3.38. The van der Waals surface area contributed by atoms with E-state index in [1.807, 2.05) is 38.1 Å². The summed E-state index contributed by atoms with van der Waals surface area (Å²) in [5, 5.41) is 9.76. The average molecular weight is 341 g/mol. The number of hydrogen-bond acceptors (Lipinski definition) is 4. The number of rotatable bonds is 6. The maximum absolute atomic E-state index is 12.3. The fourth-order valence-corrected chi connectivity index (χ4v) is 2.74. The topological polar surface area (TPSA) is 84.2 Å². The first-order valence-electron chi connectivity index (χ1n) is 8.56. The zero-order valence-electron chi connectivity index (χ0n) is 14.8. The molecule has 1 aliphatic carbocycles. The Hall–Kier alpha value is -2.63. The van der Waals surface area contributed by atoms with Crippen molar-refractivity contribution in [2.24, 2.45) is 5.92 Å². The highest BCUT2D eigenvalue weighted by Crippen LogP contribution is 2.30. The molecule has 0 spiro atoms. The van der Waals surface area contributed by atoms with E-state index in [9.17, 15) is 9.59 Å². The monoisotopic (exact) mass is 341 g/mol. The molecule has 0 aliphatic heterocycles.